The normalized spacial score (nSPS) is 19.4. The Kier molecular flexibility index (Phi) is 5.76. The van der Waals surface area contributed by atoms with E-state index in [4.69, 9.17) is 20.8 Å². The van der Waals surface area contributed by atoms with Gasteiger partial charge >= 0.3 is 0 Å². The van der Waals surface area contributed by atoms with Gasteiger partial charge < -0.3 is 14.1 Å². The van der Waals surface area contributed by atoms with Gasteiger partial charge in [-0.05, 0) is 50.2 Å². The molecular weight excluding hydrogens is 366 g/mol. The van der Waals surface area contributed by atoms with E-state index < -0.39 is 0 Å². The van der Waals surface area contributed by atoms with E-state index in [0.29, 0.717) is 36.6 Å². The molecule has 0 bridgehead atoms. The van der Waals surface area contributed by atoms with Gasteiger partial charge in [0.15, 0.2) is 5.76 Å². The Morgan fingerprint density at radius 2 is 1.81 bits per heavy atom. The maximum absolute atomic E-state index is 12.6. The highest BCUT2D eigenvalue weighted by Crippen LogP contribution is 2.25. The van der Waals surface area contributed by atoms with Crippen LogP contribution in [-0.2, 0) is 16.1 Å². The number of likely N-dealkylation sites (tertiary alicyclic amines) is 1. The number of hydrogen-bond acceptors (Lipinski definition) is 5. The Labute approximate surface area is 164 Å². The molecule has 1 amide bonds. The molecule has 2 saturated heterocycles. The zero-order valence-corrected chi connectivity index (χ0v) is 16.0. The number of ether oxygens (including phenoxy) is 1. The third-order valence-corrected chi connectivity index (χ3v) is 5.55. The van der Waals surface area contributed by atoms with Gasteiger partial charge in [-0.3, -0.25) is 9.69 Å². The molecule has 7 heteroatoms. The molecule has 1 aromatic heterocycles. The number of morpholine rings is 1. The quantitative estimate of drug-likeness (QED) is 0.804. The summed E-state index contributed by atoms with van der Waals surface area (Å²) in [6.45, 7) is 5.21. The molecule has 0 saturated carbocycles. The lowest BCUT2D eigenvalue weighted by Gasteiger charge is -2.35. The Bertz CT molecular complexity index is 763. The fourth-order valence-corrected chi connectivity index (χ4v) is 3.83. The highest BCUT2D eigenvalue weighted by atomic mass is 35.5. The average Bonchev–Trinajstić information content (AvgIpc) is 3.18. The predicted octanol–water partition coefficient (Wildman–Crippen LogP) is 3.07. The van der Waals surface area contributed by atoms with Crippen LogP contribution in [0, 0.1) is 5.92 Å². The van der Waals surface area contributed by atoms with Gasteiger partial charge in [0.25, 0.3) is 0 Å². The standard InChI is InChI=1S/C20H24ClN3O3/c21-17-3-1-15(2-4-17)18-13-22-19(27-18)14-23-7-5-16(6-8-23)20(25)24-9-11-26-12-10-24/h1-4,13,16H,5-12,14H2. The van der Waals surface area contributed by atoms with Gasteiger partial charge in [-0.25, -0.2) is 4.98 Å². The summed E-state index contributed by atoms with van der Waals surface area (Å²) < 4.78 is 11.2. The van der Waals surface area contributed by atoms with Gasteiger partial charge in [-0.15, -0.1) is 0 Å². The molecule has 6 nitrogen and oxygen atoms in total. The molecule has 0 radical (unpaired) electrons. The molecule has 0 atom stereocenters. The molecule has 3 heterocycles. The van der Waals surface area contributed by atoms with Crippen molar-refractivity contribution in [1.82, 2.24) is 14.8 Å². The fourth-order valence-electron chi connectivity index (χ4n) is 3.70. The van der Waals surface area contributed by atoms with Crippen molar-refractivity contribution in [3.8, 4) is 11.3 Å². The largest absolute Gasteiger partial charge is 0.439 e. The molecule has 0 unspecified atom stereocenters. The fraction of sp³-hybridized carbons (Fsp3) is 0.500. The first kappa shape index (κ1) is 18.5. The molecule has 4 rings (SSSR count). The van der Waals surface area contributed by atoms with Crippen LogP contribution in [0.25, 0.3) is 11.3 Å². The minimum Gasteiger partial charge on any atom is -0.439 e. The zero-order chi connectivity index (χ0) is 18.6. The molecule has 2 fully saturated rings. The lowest BCUT2D eigenvalue weighted by Crippen LogP contribution is -2.46. The number of rotatable bonds is 4. The summed E-state index contributed by atoms with van der Waals surface area (Å²) in [6, 6.07) is 7.54. The second kappa shape index (κ2) is 8.42. The van der Waals surface area contributed by atoms with Crippen LogP contribution in [-0.4, -0.2) is 60.1 Å². The maximum Gasteiger partial charge on any atom is 0.225 e. The SMILES string of the molecule is O=C(C1CCN(Cc2ncc(-c3ccc(Cl)cc3)o2)CC1)N1CCOCC1. The minimum absolute atomic E-state index is 0.133. The van der Waals surface area contributed by atoms with Crippen LogP contribution in [0.15, 0.2) is 34.9 Å². The van der Waals surface area contributed by atoms with Crippen LogP contribution in [0.2, 0.25) is 5.02 Å². The third kappa shape index (κ3) is 4.51. The molecular formula is C20H24ClN3O3. The van der Waals surface area contributed by atoms with E-state index in [1.807, 2.05) is 29.2 Å². The monoisotopic (exact) mass is 389 g/mol. The molecule has 2 aromatic rings. The van der Waals surface area contributed by atoms with Crippen molar-refractivity contribution < 1.29 is 13.9 Å². The van der Waals surface area contributed by atoms with Crippen LogP contribution in [0.1, 0.15) is 18.7 Å². The van der Waals surface area contributed by atoms with E-state index in [1.54, 1.807) is 6.20 Å². The first-order valence-electron chi connectivity index (χ1n) is 9.48. The van der Waals surface area contributed by atoms with E-state index in [1.165, 1.54) is 0 Å². The highest BCUT2D eigenvalue weighted by Gasteiger charge is 2.29. The summed E-state index contributed by atoms with van der Waals surface area (Å²) in [4.78, 5) is 21.3. The van der Waals surface area contributed by atoms with Crippen molar-refractivity contribution >= 4 is 17.5 Å². The highest BCUT2D eigenvalue weighted by molar-refractivity contribution is 6.30. The summed E-state index contributed by atoms with van der Waals surface area (Å²) in [5.41, 5.74) is 0.966. The van der Waals surface area contributed by atoms with Crippen molar-refractivity contribution in [3.05, 3.63) is 41.4 Å². The number of aromatic nitrogens is 1. The number of carbonyl (C=O) groups is 1. The van der Waals surface area contributed by atoms with Gasteiger partial charge in [0.1, 0.15) is 0 Å². The van der Waals surface area contributed by atoms with Crippen molar-refractivity contribution in [1.29, 1.82) is 0 Å². The molecule has 27 heavy (non-hydrogen) atoms. The molecule has 0 spiro atoms. The molecule has 144 valence electrons. The predicted molar refractivity (Wildman–Crippen MR) is 102 cm³/mol. The average molecular weight is 390 g/mol. The van der Waals surface area contributed by atoms with Crippen LogP contribution < -0.4 is 0 Å². The second-order valence-corrected chi connectivity index (χ2v) is 7.55. The maximum atomic E-state index is 12.6. The van der Waals surface area contributed by atoms with Gasteiger partial charge in [0.2, 0.25) is 11.8 Å². The molecule has 1 aromatic carbocycles. The number of oxazole rings is 1. The lowest BCUT2D eigenvalue weighted by molar-refractivity contribution is -0.141. The molecule has 2 aliphatic heterocycles. The summed E-state index contributed by atoms with van der Waals surface area (Å²) in [5.74, 6) is 1.88. The summed E-state index contributed by atoms with van der Waals surface area (Å²) in [5, 5.41) is 0.702. The first-order valence-corrected chi connectivity index (χ1v) is 9.86. The molecule has 2 aliphatic rings. The van der Waals surface area contributed by atoms with E-state index in [0.717, 1.165) is 50.3 Å². The van der Waals surface area contributed by atoms with Gasteiger partial charge in [-0.2, -0.15) is 0 Å². The second-order valence-electron chi connectivity index (χ2n) is 7.11. The third-order valence-electron chi connectivity index (χ3n) is 5.30. The van der Waals surface area contributed by atoms with Crippen LogP contribution >= 0.6 is 11.6 Å². The Morgan fingerprint density at radius 1 is 1.11 bits per heavy atom. The van der Waals surface area contributed by atoms with Gasteiger partial charge in [-0.1, -0.05) is 11.6 Å². The van der Waals surface area contributed by atoms with Crippen molar-refractivity contribution in [2.45, 2.75) is 19.4 Å². The van der Waals surface area contributed by atoms with E-state index in [9.17, 15) is 4.79 Å². The smallest absolute Gasteiger partial charge is 0.225 e. The minimum atomic E-state index is 0.133. The van der Waals surface area contributed by atoms with Gasteiger partial charge in [0.05, 0.1) is 26.0 Å². The number of carbonyl (C=O) groups excluding carboxylic acids is 1. The zero-order valence-electron chi connectivity index (χ0n) is 15.3. The number of nitrogens with zero attached hydrogens (tertiary/aromatic N) is 3. The van der Waals surface area contributed by atoms with Crippen molar-refractivity contribution in [2.75, 3.05) is 39.4 Å². The lowest BCUT2D eigenvalue weighted by atomic mass is 9.95. The number of hydrogen-bond donors (Lipinski definition) is 0. The number of piperidine rings is 1. The number of amides is 1. The van der Waals surface area contributed by atoms with Crippen LogP contribution in [0.4, 0.5) is 0 Å². The topological polar surface area (TPSA) is 58.8 Å². The molecule has 0 N–H and O–H groups in total. The van der Waals surface area contributed by atoms with E-state index in [-0.39, 0.29) is 5.92 Å². The molecule has 0 aliphatic carbocycles. The van der Waals surface area contributed by atoms with E-state index >= 15 is 0 Å². The Balaban J connectivity index is 1.29. The Hall–Kier alpha value is -1.89. The van der Waals surface area contributed by atoms with Crippen LogP contribution in [0.5, 0.6) is 0 Å². The van der Waals surface area contributed by atoms with Crippen molar-refractivity contribution in [2.24, 2.45) is 5.92 Å². The summed E-state index contributed by atoms with van der Waals surface area (Å²) in [6.07, 6.45) is 3.54. The Morgan fingerprint density at radius 3 is 2.52 bits per heavy atom. The number of benzene rings is 1. The van der Waals surface area contributed by atoms with Crippen molar-refractivity contribution in [3.63, 3.8) is 0 Å². The number of halogens is 1. The summed E-state index contributed by atoms with van der Waals surface area (Å²) >= 11 is 5.93. The van der Waals surface area contributed by atoms with Gasteiger partial charge in [0, 0.05) is 29.6 Å². The van der Waals surface area contributed by atoms with E-state index in [2.05, 4.69) is 9.88 Å². The van der Waals surface area contributed by atoms with Crippen LogP contribution in [0.3, 0.4) is 0 Å². The summed E-state index contributed by atoms with van der Waals surface area (Å²) in [7, 11) is 0. The first-order chi connectivity index (χ1) is 13.2.